The van der Waals surface area contributed by atoms with Crippen LogP contribution in [0.15, 0.2) is 41.3 Å². The predicted octanol–water partition coefficient (Wildman–Crippen LogP) is 2.12. The Morgan fingerprint density at radius 2 is 1.81 bits per heavy atom. The smallest absolute Gasteiger partial charge is 0.239 e. The van der Waals surface area contributed by atoms with Gasteiger partial charge in [0.15, 0.2) is 9.84 Å². The molecule has 0 unspecified atom stereocenters. The molecule has 10 heteroatoms. The Kier molecular flexibility index (Phi) is 5.05. The standard InChI is InChI=1S/C16H15N3O5S2/c1-23-11-6-10(7-12(8-11)24-2)17-15(20)9-26(21,22)14-5-3-4-13-16(14)19-25-18-13/h3-8H,9H2,1-2H3,(H,17,20). The van der Waals surface area contributed by atoms with Crippen LogP contribution in [0.5, 0.6) is 11.5 Å². The number of fused-ring (bicyclic) bond motifs is 1. The van der Waals surface area contributed by atoms with Gasteiger partial charge in [-0.3, -0.25) is 4.79 Å². The summed E-state index contributed by atoms with van der Waals surface area (Å²) < 4.78 is 43.5. The summed E-state index contributed by atoms with van der Waals surface area (Å²) in [6.07, 6.45) is 0. The number of anilines is 1. The number of ether oxygens (including phenoxy) is 2. The van der Waals surface area contributed by atoms with E-state index in [1.54, 1.807) is 30.3 Å². The van der Waals surface area contributed by atoms with Crippen molar-refractivity contribution in [2.45, 2.75) is 4.90 Å². The van der Waals surface area contributed by atoms with E-state index in [9.17, 15) is 13.2 Å². The van der Waals surface area contributed by atoms with Gasteiger partial charge in [-0.15, -0.1) is 0 Å². The van der Waals surface area contributed by atoms with E-state index in [2.05, 4.69) is 14.1 Å². The molecular formula is C16H15N3O5S2. The maximum Gasteiger partial charge on any atom is 0.239 e. The quantitative estimate of drug-likeness (QED) is 0.683. The Balaban J connectivity index is 1.82. The van der Waals surface area contributed by atoms with Crippen molar-refractivity contribution in [3.05, 3.63) is 36.4 Å². The van der Waals surface area contributed by atoms with E-state index < -0.39 is 21.5 Å². The average Bonchev–Trinajstić information content (AvgIpc) is 3.09. The number of amides is 1. The Bertz CT molecular complexity index is 1040. The fourth-order valence-electron chi connectivity index (χ4n) is 2.36. The minimum absolute atomic E-state index is 0.0119. The van der Waals surface area contributed by atoms with Crippen LogP contribution in [0.25, 0.3) is 11.0 Å². The zero-order chi connectivity index (χ0) is 18.7. The molecule has 0 saturated heterocycles. The molecule has 0 aliphatic carbocycles. The third kappa shape index (κ3) is 3.75. The lowest BCUT2D eigenvalue weighted by atomic mass is 10.2. The van der Waals surface area contributed by atoms with Crippen molar-refractivity contribution in [2.24, 2.45) is 0 Å². The Morgan fingerprint density at radius 1 is 1.12 bits per heavy atom. The van der Waals surface area contributed by atoms with E-state index >= 15 is 0 Å². The van der Waals surface area contributed by atoms with Gasteiger partial charge in [0.25, 0.3) is 0 Å². The Morgan fingerprint density at radius 3 is 2.46 bits per heavy atom. The summed E-state index contributed by atoms with van der Waals surface area (Å²) >= 11 is 0.920. The molecular weight excluding hydrogens is 378 g/mol. The number of hydrogen-bond donors (Lipinski definition) is 1. The van der Waals surface area contributed by atoms with E-state index in [4.69, 9.17) is 9.47 Å². The van der Waals surface area contributed by atoms with Crippen molar-refractivity contribution in [3.8, 4) is 11.5 Å². The Labute approximate surface area is 154 Å². The van der Waals surface area contributed by atoms with Gasteiger partial charge in [0.1, 0.15) is 28.3 Å². The van der Waals surface area contributed by atoms with Crippen molar-refractivity contribution < 1.29 is 22.7 Å². The van der Waals surface area contributed by atoms with Gasteiger partial charge in [-0.2, -0.15) is 8.75 Å². The van der Waals surface area contributed by atoms with Crippen molar-refractivity contribution in [1.29, 1.82) is 0 Å². The molecule has 0 fully saturated rings. The van der Waals surface area contributed by atoms with Crippen LogP contribution in [0.1, 0.15) is 0 Å². The van der Waals surface area contributed by atoms with E-state index in [-0.39, 0.29) is 10.4 Å². The number of hydrogen-bond acceptors (Lipinski definition) is 8. The first kappa shape index (κ1) is 18.1. The van der Waals surface area contributed by atoms with Gasteiger partial charge in [0.2, 0.25) is 5.91 Å². The molecule has 26 heavy (non-hydrogen) atoms. The molecule has 2 aromatic carbocycles. The highest BCUT2D eigenvalue weighted by Crippen LogP contribution is 2.26. The molecule has 0 bridgehead atoms. The van der Waals surface area contributed by atoms with Crippen molar-refractivity contribution >= 4 is 44.2 Å². The molecule has 0 atom stereocenters. The third-order valence-corrected chi connectivity index (χ3v) is 5.72. The number of benzene rings is 2. The topological polar surface area (TPSA) is 107 Å². The van der Waals surface area contributed by atoms with Gasteiger partial charge < -0.3 is 14.8 Å². The summed E-state index contributed by atoms with van der Waals surface area (Å²) in [6.45, 7) is 0. The fraction of sp³-hybridized carbons (Fsp3) is 0.188. The monoisotopic (exact) mass is 393 g/mol. The van der Waals surface area contributed by atoms with Crippen LogP contribution in [0, 0.1) is 0 Å². The lowest BCUT2D eigenvalue weighted by molar-refractivity contribution is -0.113. The number of methoxy groups -OCH3 is 2. The lowest BCUT2D eigenvalue weighted by Gasteiger charge is -2.10. The minimum atomic E-state index is -3.88. The van der Waals surface area contributed by atoms with Crippen LogP contribution < -0.4 is 14.8 Å². The van der Waals surface area contributed by atoms with Gasteiger partial charge in [0, 0.05) is 23.9 Å². The maximum atomic E-state index is 12.6. The molecule has 3 aromatic rings. The minimum Gasteiger partial charge on any atom is -0.497 e. The van der Waals surface area contributed by atoms with Crippen molar-refractivity contribution in [2.75, 3.05) is 25.3 Å². The van der Waals surface area contributed by atoms with Crippen molar-refractivity contribution in [1.82, 2.24) is 8.75 Å². The fourth-order valence-corrected chi connectivity index (χ4v) is 4.27. The second-order valence-corrected chi connectivity index (χ2v) is 7.78. The highest BCUT2D eigenvalue weighted by molar-refractivity contribution is 7.92. The molecule has 1 N–H and O–H groups in total. The molecule has 3 rings (SSSR count). The van der Waals surface area contributed by atoms with Crippen LogP contribution in [-0.4, -0.2) is 43.0 Å². The molecule has 0 spiro atoms. The third-order valence-electron chi connectivity index (χ3n) is 3.54. The summed E-state index contributed by atoms with van der Waals surface area (Å²) in [5.41, 5.74) is 1.12. The zero-order valence-electron chi connectivity index (χ0n) is 13.9. The van der Waals surface area contributed by atoms with Crippen LogP contribution in [-0.2, 0) is 14.6 Å². The number of nitrogens with one attached hydrogen (secondary N) is 1. The van der Waals surface area contributed by atoms with Gasteiger partial charge in [-0.05, 0) is 12.1 Å². The number of carbonyl (C=O) groups is 1. The SMILES string of the molecule is COc1cc(NC(=O)CS(=O)(=O)c2cccc3nsnc23)cc(OC)c1. The summed E-state index contributed by atoms with van der Waals surface area (Å²) in [5.74, 6) is -0.453. The van der Waals surface area contributed by atoms with Crippen LogP contribution in [0.2, 0.25) is 0 Å². The molecule has 0 saturated carbocycles. The van der Waals surface area contributed by atoms with Crippen molar-refractivity contribution in [3.63, 3.8) is 0 Å². The first-order chi connectivity index (χ1) is 12.4. The van der Waals surface area contributed by atoms with E-state index in [1.165, 1.54) is 20.3 Å². The summed E-state index contributed by atoms with van der Waals surface area (Å²) in [6, 6.07) is 9.43. The first-order valence-corrected chi connectivity index (χ1v) is 9.78. The number of carbonyl (C=O) groups excluding carboxylic acids is 1. The first-order valence-electron chi connectivity index (χ1n) is 7.40. The molecule has 0 radical (unpaired) electrons. The summed E-state index contributed by atoms with van der Waals surface area (Å²) in [7, 11) is -0.919. The largest absolute Gasteiger partial charge is 0.497 e. The number of aromatic nitrogens is 2. The van der Waals surface area contributed by atoms with E-state index in [1.807, 2.05) is 0 Å². The van der Waals surface area contributed by atoms with Gasteiger partial charge in [0.05, 0.1) is 30.8 Å². The molecule has 1 heterocycles. The van der Waals surface area contributed by atoms with E-state index in [0.717, 1.165) is 11.7 Å². The van der Waals surface area contributed by atoms with Gasteiger partial charge in [-0.25, -0.2) is 8.42 Å². The normalized spacial score (nSPS) is 11.3. The molecule has 1 aromatic heterocycles. The average molecular weight is 393 g/mol. The van der Waals surface area contributed by atoms with Crippen LogP contribution in [0.4, 0.5) is 5.69 Å². The lowest BCUT2D eigenvalue weighted by Crippen LogP contribution is -2.23. The molecule has 136 valence electrons. The summed E-state index contributed by atoms with van der Waals surface area (Å²) in [5, 5.41) is 2.55. The van der Waals surface area contributed by atoms with Crippen LogP contribution >= 0.6 is 11.7 Å². The highest BCUT2D eigenvalue weighted by Gasteiger charge is 2.23. The zero-order valence-corrected chi connectivity index (χ0v) is 15.6. The van der Waals surface area contributed by atoms with Crippen LogP contribution in [0.3, 0.4) is 0 Å². The second kappa shape index (κ2) is 7.26. The Hall–Kier alpha value is -2.72. The molecule has 0 aliphatic heterocycles. The van der Waals surface area contributed by atoms with Gasteiger partial charge >= 0.3 is 0 Å². The molecule has 0 aliphatic rings. The molecule has 1 amide bonds. The summed E-state index contributed by atoms with van der Waals surface area (Å²) in [4.78, 5) is 12.3. The number of sulfone groups is 1. The highest BCUT2D eigenvalue weighted by atomic mass is 32.2. The molecule has 8 nitrogen and oxygen atoms in total. The second-order valence-electron chi connectivity index (χ2n) is 5.30. The maximum absolute atomic E-state index is 12.6. The van der Waals surface area contributed by atoms with Gasteiger partial charge in [-0.1, -0.05) is 6.07 Å². The number of nitrogens with zero attached hydrogens (tertiary/aromatic N) is 2. The number of rotatable bonds is 6. The predicted molar refractivity (Wildman–Crippen MR) is 97.6 cm³/mol. The van der Waals surface area contributed by atoms with E-state index in [0.29, 0.717) is 22.7 Å².